The van der Waals surface area contributed by atoms with E-state index in [0.717, 1.165) is 18.5 Å². The van der Waals surface area contributed by atoms with Crippen LogP contribution in [0.1, 0.15) is 30.4 Å². The Morgan fingerprint density at radius 2 is 2.21 bits per heavy atom. The molecule has 1 heterocycles. The second-order valence-corrected chi connectivity index (χ2v) is 4.93. The number of hydrogen-bond acceptors (Lipinski definition) is 3. The van der Waals surface area contributed by atoms with Crippen molar-refractivity contribution in [1.82, 2.24) is 10.2 Å². The van der Waals surface area contributed by atoms with Crippen LogP contribution in [0.4, 0.5) is 0 Å². The summed E-state index contributed by atoms with van der Waals surface area (Å²) < 4.78 is 0. The lowest BCUT2D eigenvalue weighted by Crippen LogP contribution is -2.43. The third kappa shape index (κ3) is 3.14. The Morgan fingerprint density at radius 3 is 2.95 bits per heavy atom. The molecule has 1 aromatic rings. The van der Waals surface area contributed by atoms with E-state index in [-0.39, 0.29) is 18.4 Å². The van der Waals surface area contributed by atoms with E-state index in [1.54, 1.807) is 4.90 Å². The highest BCUT2D eigenvalue weighted by Crippen LogP contribution is 2.25. The first-order chi connectivity index (χ1) is 9.27. The monoisotopic (exact) mass is 262 g/mol. The number of amides is 1. The number of carbonyl (C=O) groups excluding carboxylic acids is 1. The Kier molecular flexibility index (Phi) is 4.93. The van der Waals surface area contributed by atoms with Gasteiger partial charge in [-0.3, -0.25) is 4.79 Å². The third-order valence-electron chi connectivity index (χ3n) is 3.57. The van der Waals surface area contributed by atoms with Crippen LogP contribution in [0.2, 0.25) is 0 Å². The molecule has 4 nitrogen and oxygen atoms in total. The number of hydrogen-bond donors (Lipinski definition) is 2. The molecule has 2 rings (SSSR count). The minimum Gasteiger partial charge on any atom is -0.395 e. The van der Waals surface area contributed by atoms with E-state index < -0.39 is 0 Å². The summed E-state index contributed by atoms with van der Waals surface area (Å²) in [4.78, 5) is 14.4. The van der Waals surface area contributed by atoms with Gasteiger partial charge in [0.1, 0.15) is 0 Å². The quantitative estimate of drug-likeness (QED) is 0.835. The molecule has 4 heteroatoms. The van der Waals surface area contributed by atoms with E-state index >= 15 is 0 Å². The number of benzene rings is 1. The summed E-state index contributed by atoms with van der Waals surface area (Å²) in [5.74, 6) is -0.00130. The first kappa shape index (κ1) is 14.0. The van der Waals surface area contributed by atoms with Crippen molar-refractivity contribution < 1.29 is 9.90 Å². The van der Waals surface area contributed by atoms with Crippen molar-refractivity contribution in [2.24, 2.45) is 0 Å². The fraction of sp³-hybridized carbons (Fsp3) is 0.533. The third-order valence-corrected chi connectivity index (χ3v) is 3.57. The molecular weight excluding hydrogens is 240 g/mol. The van der Waals surface area contributed by atoms with Crippen LogP contribution in [0.15, 0.2) is 24.3 Å². The van der Waals surface area contributed by atoms with Gasteiger partial charge in [-0.1, -0.05) is 31.2 Å². The highest BCUT2D eigenvalue weighted by Gasteiger charge is 2.29. The molecule has 19 heavy (non-hydrogen) atoms. The molecule has 1 aliphatic rings. The Bertz CT molecular complexity index is 428. The fourth-order valence-corrected chi connectivity index (χ4v) is 2.66. The van der Waals surface area contributed by atoms with Crippen molar-refractivity contribution in [3.05, 3.63) is 35.4 Å². The minimum absolute atomic E-state index is 0.0214. The average molecular weight is 262 g/mol. The number of aliphatic hydroxyl groups excluding tert-OH is 1. The topological polar surface area (TPSA) is 52.6 Å². The second kappa shape index (κ2) is 6.68. The molecule has 0 fully saturated rings. The molecule has 1 aliphatic heterocycles. The molecule has 0 aliphatic carbocycles. The lowest BCUT2D eigenvalue weighted by molar-refractivity contribution is -0.133. The van der Waals surface area contributed by atoms with Gasteiger partial charge >= 0.3 is 0 Å². The number of rotatable bonds is 5. The lowest BCUT2D eigenvalue weighted by atomic mass is 9.89. The maximum Gasteiger partial charge on any atom is 0.231 e. The van der Waals surface area contributed by atoms with Gasteiger partial charge in [-0.2, -0.15) is 0 Å². The highest BCUT2D eigenvalue weighted by molar-refractivity contribution is 5.84. The van der Waals surface area contributed by atoms with E-state index in [0.29, 0.717) is 19.6 Å². The van der Waals surface area contributed by atoms with Crippen LogP contribution in [0.25, 0.3) is 0 Å². The van der Waals surface area contributed by atoms with Crippen LogP contribution in [-0.4, -0.2) is 42.2 Å². The smallest absolute Gasteiger partial charge is 0.231 e. The summed E-state index contributed by atoms with van der Waals surface area (Å²) in [6.45, 7) is 4.71. The molecule has 104 valence electrons. The van der Waals surface area contributed by atoms with Gasteiger partial charge in [-0.25, -0.2) is 0 Å². The molecule has 0 aromatic heterocycles. The van der Waals surface area contributed by atoms with Gasteiger partial charge in [0.15, 0.2) is 0 Å². The molecule has 1 unspecified atom stereocenters. The largest absolute Gasteiger partial charge is 0.395 e. The van der Waals surface area contributed by atoms with Crippen LogP contribution in [-0.2, 0) is 11.3 Å². The normalized spacial score (nSPS) is 17.9. The minimum atomic E-state index is -0.122. The zero-order valence-electron chi connectivity index (χ0n) is 11.4. The van der Waals surface area contributed by atoms with Crippen LogP contribution in [0.5, 0.6) is 0 Å². The van der Waals surface area contributed by atoms with E-state index in [2.05, 4.69) is 11.4 Å². The summed E-state index contributed by atoms with van der Waals surface area (Å²) in [7, 11) is 0. The number of carbonyl (C=O) groups is 1. The maximum absolute atomic E-state index is 12.6. The number of aliphatic hydroxyl groups is 1. The Balaban J connectivity index is 2.19. The molecular formula is C15H22N2O2. The number of nitrogens with zero attached hydrogens (tertiary/aromatic N) is 1. The SMILES string of the molecule is CCCN(CCO)C(=O)C1CNCc2ccccc21. The maximum atomic E-state index is 12.6. The van der Waals surface area contributed by atoms with Crippen LogP contribution >= 0.6 is 0 Å². The fourth-order valence-electron chi connectivity index (χ4n) is 2.66. The van der Waals surface area contributed by atoms with Crippen molar-refractivity contribution in [2.75, 3.05) is 26.2 Å². The van der Waals surface area contributed by atoms with Gasteiger partial charge in [0, 0.05) is 26.2 Å². The zero-order chi connectivity index (χ0) is 13.7. The van der Waals surface area contributed by atoms with Gasteiger partial charge < -0.3 is 15.3 Å². The first-order valence-electron chi connectivity index (χ1n) is 6.96. The molecule has 0 spiro atoms. The Labute approximate surface area is 114 Å². The second-order valence-electron chi connectivity index (χ2n) is 4.93. The predicted octanol–water partition coefficient (Wildman–Crippen LogP) is 1.10. The van der Waals surface area contributed by atoms with Crippen molar-refractivity contribution in [3.63, 3.8) is 0 Å². The Morgan fingerprint density at radius 1 is 1.42 bits per heavy atom. The van der Waals surface area contributed by atoms with E-state index in [9.17, 15) is 4.79 Å². The molecule has 1 atom stereocenters. The standard InChI is InChI=1S/C15H22N2O2/c1-2-7-17(8-9-18)15(19)14-11-16-10-12-5-3-4-6-13(12)14/h3-6,14,16,18H,2,7-11H2,1H3. The summed E-state index contributed by atoms with van der Waals surface area (Å²) in [6.07, 6.45) is 0.910. The van der Waals surface area contributed by atoms with Crippen molar-refractivity contribution >= 4 is 5.91 Å². The predicted molar refractivity (Wildman–Crippen MR) is 74.8 cm³/mol. The molecule has 1 aromatic carbocycles. The summed E-state index contributed by atoms with van der Waals surface area (Å²) in [5, 5.41) is 12.4. The van der Waals surface area contributed by atoms with Gasteiger partial charge in [0.25, 0.3) is 0 Å². The highest BCUT2D eigenvalue weighted by atomic mass is 16.3. The van der Waals surface area contributed by atoms with Gasteiger partial charge in [0.2, 0.25) is 5.91 Å². The van der Waals surface area contributed by atoms with E-state index in [1.807, 2.05) is 25.1 Å². The van der Waals surface area contributed by atoms with Crippen molar-refractivity contribution in [2.45, 2.75) is 25.8 Å². The molecule has 0 saturated carbocycles. The van der Waals surface area contributed by atoms with Gasteiger partial charge in [-0.15, -0.1) is 0 Å². The average Bonchev–Trinajstić information content (AvgIpc) is 2.46. The van der Waals surface area contributed by atoms with Gasteiger partial charge in [0.05, 0.1) is 12.5 Å². The number of nitrogens with one attached hydrogen (secondary N) is 1. The van der Waals surface area contributed by atoms with Crippen LogP contribution < -0.4 is 5.32 Å². The lowest BCUT2D eigenvalue weighted by Gasteiger charge is -2.31. The van der Waals surface area contributed by atoms with E-state index in [1.165, 1.54) is 5.56 Å². The molecule has 0 saturated heterocycles. The van der Waals surface area contributed by atoms with Crippen molar-refractivity contribution in [3.8, 4) is 0 Å². The Hall–Kier alpha value is -1.39. The summed E-state index contributed by atoms with van der Waals surface area (Å²) in [6, 6.07) is 8.10. The molecule has 0 bridgehead atoms. The summed E-state index contributed by atoms with van der Waals surface area (Å²) >= 11 is 0. The molecule has 0 radical (unpaired) electrons. The molecule has 1 amide bonds. The van der Waals surface area contributed by atoms with Crippen LogP contribution in [0.3, 0.4) is 0 Å². The summed E-state index contributed by atoms with van der Waals surface area (Å²) in [5.41, 5.74) is 2.33. The van der Waals surface area contributed by atoms with E-state index in [4.69, 9.17) is 5.11 Å². The zero-order valence-corrected chi connectivity index (χ0v) is 11.4. The van der Waals surface area contributed by atoms with Gasteiger partial charge in [-0.05, 0) is 17.5 Å². The molecule has 2 N–H and O–H groups in total. The van der Waals surface area contributed by atoms with Crippen molar-refractivity contribution in [1.29, 1.82) is 0 Å². The number of fused-ring (bicyclic) bond motifs is 1. The first-order valence-corrected chi connectivity index (χ1v) is 6.96. The van der Waals surface area contributed by atoms with Crippen LogP contribution in [0, 0.1) is 0 Å².